The van der Waals surface area contributed by atoms with Crippen molar-refractivity contribution in [1.82, 2.24) is 34.6 Å². The van der Waals surface area contributed by atoms with Gasteiger partial charge in [0.2, 0.25) is 0 Å². The molecule has 32 heavy (non-hydrogen) atoms. The molecular weight excluding hydrogens is 414 g/mol. The monoisotopic (exact) mass is 435 g/mol. The number of nitrogens with zero attached hydrogens (tertiary/aromatic N) is 5. The Kier molecular flexibility index (Phi) is 4.82. The predicted octanol–water partition coefficient (Wildman–Crippen LogP) is 0.567. The molecule has 0 aromatic carbocycles. The normalized spacial score (nSPS) is 16.0. The number of pyridine rings is 2. The van der Waals surface area contributed by atoms with Gasteiger partial charge in [0.1, 0.15) is 11.6 Å². The Bertz CT molecular complexity index is 1430. The first kappa shape index (κ1) is 20.1. The number of likely N-dealkylation sites (tertiary alicyclic amines) is 1. The fourth-order valence-corrected chi connectivity index (χ4v) is 4.30. The van der Waals surface area contributed by atoms with E-state index in [1.54, 1.807) is 27.9 Å². The third-order valence-electron chi connectivity index (χ3n) is 5.90. The van der Waals surface area contributed by atoms with E-state index in [1.165, 1.54) is 13.1 Å². The van der Waals surface area contributed by atoms with Gasteiger partial charge in [-0.1, -0.05) is 0 Å². The lowest BCUT2D eigenvalue weighted by Crippen LogP contribution is -2.45. The van der Waals surface area contributed by atoms with Gasteiger partial charge < -0.3 is 10.0 Å². The van der Waals surface area contributed by atoms with Crippen LogP contribution in [0.2, 0.25) is 0 Å². The number of hydrogen-bond acceptors (Lipinski definition) is 7. The fourth-order valence-electron chi connectivity index (χ4n) is 4.30. The molecule has 0 bridgehead atoms. The van der Waals surface area contributed by atoms with E-state index in [1.807, 2.05) is 6.07 Å². The van der Waals surface area contributed by atoms with Gasteiger partial charge in [-0.05, 0) is 31.9 Å². The number of piperidine rings is 1. The van der Waals surface area contributed by atoms with Crippen LogP contribution in [-0.2, 0) is 4.79 Å². The van der Waals surface area contributed by atoms with Crippen LogP contribution < -0.4 is 11.2 Å². The van der Waals surface area contributed by atoms with Crippen LogP contribution in [-0.4, -0.2) is 64.8 Å². The lowest BCUT2D eigenvalue weighted by Gasteiger charge is -2.34. The highest BCUT2D eigenvalue weighted by Gasteiger charge is 2.28. The molecule has 0 aliphatic carbocycles. The minimum absolute atomic E-state index is 0.245. The number of H-pyrrole nitrogens is 2. The maximum atomic E-state index is 13.0. The zero-order valence-corrected chi connectivity index (χ0v) is 17.3. The molecule has 1 saturated heterocycles. The number of aliphatic hydroxyl groups is 1. The lowest BCUT2D eigenvalue weighted by atomic mass is 10.0. The van der Waals surface area contributed by atoms with Gasteiger partial charge in [-0.3, -0.25) is 29.2 Å². The second-order valence-electron chi connectivity index (χ2n) is 7.93. The Balaban J connectivity index is 1.67. The topological polar surface area (TPSA) is 150 Å². The SMILES string of the molecule is C[C@H](O)C(=O)N1CCC(n2c(=O)[nH]c(=O)c3cnc4ccc(-c5cn[nH]c5)nc4c32)CC1. The molecule has 1 amide bonds. The molecule has 0 unspecified atom stereocenters. The molecule has 4 aromatic rings. The van der Waals surface area contributed by atoms with Gasteiger partial charge in [-0.25, -0.2) is 9.78 Å². The summed E-state index contributed by atoms with van der Waals surface area (Å²) >= 11 is 0. The summed E-state index contributed by atoms with van der Waals surface area (Å²) in [7, 11) is 0. The van der Waals surface area contributed by atoms with Crippen LogP contribution in [0.1, 0.15) is 25.8 Å². The van der Waals surface area contributed by atoms with Gasteiger partial charge in [0, 0.05) is 37.1 Å². The lowest BCUT2D eigenvalue weighted by molar-refractivity contribution is -0.140. The Hall–Kier alpha value is -3.86. The first-order chi connectivity index (χ1) is 15.4. The van der Waals surface area contributed by atoms with E-state index in [2.05, 4.69) is 20.2 Å². The van der Waals surface area contributed by atoms with Gasteiger partial charge in [-0.15, -0.1) is 0 Å². The largest absolute Gasteiger partial charge is 0.384 e. The Morgan fingerprint density at radius 1 is 1.22 bits per heavy atom. The molecule has 3 N–H and O–H groups in total. The van der Waals surface area contributed by atoms with Crippen molar-refractivity contribution in [3.8, 4) is 11.3 Å². The summed E-state index contributed by atoms with van der Waals surface area (Å²) in [6.07, 6.45) is 4.75. The molecule has 0 saturated carbocycles. The molecule has 0 radical (unpaired) electrons. The number of carbonyl (C=O) groups is 1. The van der Waals surface area contributed by atoms with Crippen molar-refractivity contribution in [3.63, 3.8) is 0 Å². The van der Waals surface area contributed by atoms with E-state index >= 15 is 0 Å². The number of hydrogen-bond donors (Lipinski definition) is 3. The number of rotatable bonds is 3. The van der Waals surface area contributed by atoms with Crippen LogP contribution in [0.15, 0.2) is 40.3 Å². The van der Waals surface area contributed by atoms with E-state index in [0.29, 0.717) is 48.2 Å². The van der Waals surface area contributed by atoms with E-state index in [0.717, 1.165) is 5.56 Å². The van der Waals surface area contributed by atoms with Gasteiger partial charge in [0.25, 0.3) is 11.5 Å². The second kappa shape index (κ2) is 7.68. The molecule has 1 aliphatic rings. The molecule has 11 nitrogen and oxygen atoms in total. The molecule has 1 fully saturated rings. The fraction of sp³-hybridized carbons (Fsp3) is 0.333. The van der Waals surface area contributed by atoms with Crippen molar-refractivity contribution >= 4 is 27.8 Å². The van der Waals surface area contributed by atoms with Crippen LogP contribution in [0.5, 0.6) is 0 Å². The predicted molar refractivity (Wildman–Crippen MR) is 116 cm³/mol. The Labute approximate surface area is 180 Å². The molecule has 11 heteroatoms. The summed E-state index contributed by atoms with van der Waals surface area (Å²) in [5.41, 5.74) is 1.80. The molecule has 164 valence electrons. The van der Waals surface area contributed by atoms with E-state index in [-0.39, 0.29) is 17.3 Å². The Morgan fingerprint density at radius 3 is 2.69 bits per heavy atom. The van der Waals surface area contributed by atoms with Gasteiger partial charge in [0.05, 0.1) is 28.3 Å². The zero-order valence-electron chi connectivity index (χ0n) is 17.3. The van der Waals surface area contributed by atoms with Crippen molar-refractivity contribution in [2.45, 2.75) is 31.9 Å². The van der Waals surface area contributed by atoms with Crippen molar-refractivity contribution in [1.29, 1.82) is 0 Å². The molecular formula is C21H21N7O4. The minimum atomic E-state index is -1.07. The summed E-state index contributed by atoms with van der Waals surface area (Å²) in [6, 6.07) is 3.36. The highest BCUT2D eigenvalue weighted by atomic mass is 16.3. The van der Waals surface area contributed by atoms with Crippen LogP contribution in [0.3, 0.4) is 0 Å². The summed E-state index contributed by atoms with van der Waals surface area (Å²) in [6.45, 7) is 2.24. The number of aromatic nitrogens is 6. The maximum Gasteiger partial charge on any atom is 0.329 e. The highest BCUT2D eigenvalue weighted by molar-refractivity contribution is 6.01. The first-order valence-corrected chi connectivity index (χ1v) is 10.3. The third kappa shape index (κ3) is 3.26. The number of nitrogens with one attached hydrogen (secondary N) is 2. The number of aromatic amines is 2. The summed E-state index contributed by atoms with van der Waals surface area (Å²) in [5, 5.41) is 16.6. The number of aliphatic hydroxyl groups excluding tert-OH is 1. The summed E-state index contributed by atoms with van der Waals surface area (Å²) in [5.74, 6) is -0.330. The van der Waals surface area contributed by atoms with E-state index < -0.39 is 17.4 Å². The zero-order chi connectivity index (χ0) is 22.4. The molecule has 1 atom stereocenters. The van der Waals surface area contributed by atoms with E-state index in [4.69, 9.17) is 4.98 Å². The first-order valence-electron chi connectivity index (χ1n) is 10.3. The van der Waals surface area contributed by atoms with Crippen LogP contribution >= 0.6 is 0 Å². The standard InChI is InChI=1S/C21H21N7O4/c1-11(29)20(31)27-6-4-13(5-7-27)28-18-14(19(30)26-21(28)32)10-22-16-3-2-15(25-17(16)18)12-8-23-24-9-12/h2-3,8-11,13,29H,4-7H2,1H3,(H,23,24)(H,26,30,32)/t11-/m0/s1. The summed E-state index contributed by atoms with van der Waals surface area (Å²) in [4.78, 5) is 50.7. The number of amides is 1. The van der Waals surface area contributed by atoms with Crippen LogP contribution in [0.25, 0.3) is 33.2 Å². The average molecular weight is 435 g/mol. The molecule has 5 rings (SSSR count). The molecule has 4 aromatic heterocycles. The third-order valence-corrected chi connectivity index (χ3v) is 5.90. The van der Waals surface area contributed by atoms with Crippen molar-refractivity contribution in [2.75, 3.05) is 13.1 Å². The number of carbonyl (C=O) groups excluding carboxylic acids is 1. The smallest absolute Gasteiger partial charge is 0.329 e. The molecule has 5 heterocycles. The molecule has 1 aliphatic heterocycles. The average Bonchev–Trinajstić information content (AvgIpc) is 3.33. The number of fused-ring (bicyclic) bond motifs is 3. The second-order valence-corrected chi connectivity index (χ2v) is 7.93. The summed E-state index contributed by atoms with van der Waals surface area (Å²) < 4.78 is 1.57. The Morgan fingerprint density at radius 2 is 2.00 bits per heavy atom. The van der Waals surface area contributed by atoms with Crippen LogP contribution in [0, 0.1) is 0 Å². The minimum Gasteiger partial charge on any atom is -0.384 e. The van der Waals surface area contributed by atoms with Gasteiger partial charge in [-0.2, -0.15) is 5.10 Å². The van der Waals surface area contributed by atoms with Gasteiger partial charge in [0.15, 0.2) is 0 Å². The van der Waals surface area contributed by atoms with Crippen molar-refractivity contribution < 1.29 is 9.90 Å². The quantitative estimate of drug-likeness (QED) is 0.398. The maximum absolute atomic E-state index is 13.0. The highest BCUT2D eigenvalue weighted by Crippen LogP contribution is 2.28. The van der Waals surface area contributed by atoms with E-state index in [9.17, 15) is 19.5 Å². The van der Waals surface area contributed by atoms with Gasteiger partial charge >= 0.3 is 5.69 Å². The van der Waals surface area contributed by atoms with Crippen molar-refractivity contribution in [2.24, 2.45) is 0 Å². The van der Waals surface area contributed by atoms with Crippen LogP contribution in [0.4, 0.5) is 0 Å². The molecule has 0 spiro atoms. The van der Waals surface area contributed by atoms with Crippen molar-refractivity contribution in [3.05, 3.63) is 51.6 Å².